The maximum absolute atomic E-state index is 13.2. The van der Waals surface area contributed by atoms with E-state index >= 15 is 0 Å². The van der Waals surface area contributed by atoms with Crippen molar-refractivity contribution in [2.24, 2.45) is 0 Å². The summed E-state index contributed by atoms with van der Waals surface area (Å²) in [4.78, 5) is 44.0. The monoisotopic (exact) mass is 470 g/mol. The number of thiophene rings is 1. The summed E-state index contributed by atoms with van der Waals surface area (Å²) in [5, 5.41) is 5.25. The number of carbonyl (C=O) groups excluding carboxylic acids is 2. The summed E-state index contributed by atoms with van der Waals surface area (Å²) in [7, 11) is 0. The van der Waals surface area contributed by atoms with Gasteiger partial charge in [0.15, 0.2) is 0 Å². The van der Waals surface area contributed by atoms with Crippen LogP contribution in [0.3, 0.4) is 0 Å². The molecule has 0 bridgehead atoms. The predicted molar refractivity (Wildman–Crippen MR) is 132 cm³/mol. The Kier molecular flexibility index (Phi) is 4.37. The Morgan fingerprint density at radius 3 is 2.82 bits per heavy atom. The summed E-state index contributed by atoms with van der Waals surface area (Å²) in [5.41, 5.74) is 3.64. The van der Waals surface area contributed by atoms with Crippen LogP contribution in [-0.4, -0.2) is 63.9 Å². The standard InChI is InChI=1S/C25H22N6O2S/c32-23-19(16-12-26-18-7-11-34-22(16)18)20(24(33)29-23)21-15-5-1-2-6-17(15)27-25(28-21)31-10-9-30-8-3-4-14(30)13-31/h1-2,5-7,11-12,14,26H,3-4,8-10,13H2,(H,29,32,33). The third-order valence-electron chi connectivity index (χ3n) is 7.18. The number of imide groups is 1. The maximum atomic E-state index is 13.2. The molecule has 8 nitrogen and oxygen atoms in total. The highest BCUT2D eigenvalue weighted by Gasteiger charge is 2.37. The number of fused-ring (bicyclic) bond motifs is 3. The van der Waals surface area contributed by atoms with Gasteiger partial charge >= 0.3 is 0 Å². The summed E-state index contributed by atoms with van der Waals surface area (Å²) in [6.45, 7) is 3.87. The number of nitrogens with one attached hydrogen (secondary N) is 2. The van der Waals surface area contributed by atoms with Gasteiger partial charge in [-0.05, 0) is 36.9 Å². The molecular formula is C25H22N6O2S. The van der Waals surface area contributed by atoms with Crippen molar-refractivity contribution in [3.05, 3.63) is 53.2 Å². The molecule has 170 valence electrons. The molecule has 3 aliphatic heterocycles. The van der Waals surface area contributed by atoms with Crippen molar-refractivity contribution in [3.8, 4) is 0 Å². The Morgan fingerprint density at radius 1 is 1.00 bits per heavy atom. The quantitative estimate of drug-likeness (QED) is 0.447. The topological polar surface area (TPSA) is 94.2 Å². The number of para-hydroxylation sites is 1. The first-order valence-electron chi connectivity index (χ1n) is 11.6. The first-order valence-corrected chi connectivity index (χ1v) is 12.5. The van der Waals surface area contributed by atoms with Crippen LogP contribution < -0.4 is 10.2 Å². The second-order valence-electron chi connectivity index (χ2n) is 9.07. The summed E-state index contributed by atoms with van der Waals surface area (Å²) >= 11 is 1.54. The van der Waals surface area contributed by atoms with Gasteiger partial charge in [-0.1, -0.05) is 18.2 Å². The van der Waals surface area contributed by atoms with E-state index in [1.807, 2.05) is 35.7 Å². The second kappa shape index (κ2) is 7.48. The highest BCUT2D eigenvalue weighted by molar-refractivity contribution is 7.17. The van der Waals surface area contributed by atoms with Crippen LogP contribution in [0.4, 0.5) is 5.95 Å². The first-order chi connectivity index (χ1) is 16.7. The lowest BCUT2D eigenvalue weighted by Gasteiger charge is -2.37. The van der Waals surface area contributed by atoms with Gasteiger partial charge in [0.2, 0.25) is 5.95 Å². The van der Waals surface area contributed by atoms with Gasteiger partial charge in [0.05, 0.1) is 32.6 Å². The number of rotatable bonds is 3. The molecule has 9 heteroatoms. The van der Waals surface area contributed by atoms with Crippen molar-refractivity contribution in [2.45, 2.75) is 18.9 Å². The highest BCUT2D eigenvalue weighted by atomic mass is 32.1. The Morgan fingerprint density at radius 2 is 1.88 bits per heavy atom. The average Bonchev–Trinajstić information content (AvgIpc) is 3.62. The third-order valence-corrected chi connectivity index (χ3v) is 8.13. The molecule has 2 N–H and O–H groups in total. The normalized spacial score (nSPS) is 21.2. The molecule has 4 aromatic rings. The number of benzene rings is 1. The molecule has 1 unspecified atom stereocenters. The number of carbonyl (C=O) groups is 2. The number of aromatic amines is 1. The summed E-state index contributed by atoms with van der Waals surface area (Å²) in [6, 6.07) is 10.2. The minimum absolute atomic E-state index is 0.318. The molecule has 1 atom stereocenters. The lowest BCUT2D eigenvalue weighted by atomic mass is 9.99. The number of anilines is 1. The number of H-pyrrole nitrogens is 1. The number of hydrogen-bond acceptors (Lipinski definition) is 7. The summed E-state index contributed by atoms with van der Waals surface area (Å²) in [6.07, 6.45) is 4.22. The molecule has 34 heavy (non-hydrogen) atoms. The molecular weight excluding hydrogens is 448 g/mol. The zero-order chi connectivity index (χ0) is 22.8. The summed E-state index contributed by atoms with van der Waals surface area (Å²) < 4.78 is 0.952. The van der Waals surface area contributed by atoms with E-state index in [-0.39, 0.29) is 0 Å². The molecule has 0 radical (unpaired) electrons. The smallest absolute Gasteiger partial charge is 0.261 e. The fraction of sp³-hybridized carbons (Fsp3) is 0.280. The van der Waals surface area contributed by atoms with Crippen molar-refractivity contribution >= 4 is 61.4 Å². The number of hydrogen-bond donors (Lipinski definition) is 2. The van der Waals surface area contributed by atoms with Gasteiger partial charge < -0.3 is 9.88 Å². The van der Waals surface area contributed by atoms with Crippen LogP contribution in [0.15, 0.2) is 41.9 Å². The van der Waals surface area contributed by atoms with Gasteiger partial charge in [-0.2, -0.15) is 0 Å². The zero-order valence-electron chi connectivity index (χ0n) is 18.4. The minimum atomic E-state index is -0.415. The fourth-order valence-electron chi connectivity index (χ4n) is 5.54. The molecule has 2 fully saturated rings. The van der Waals surface area contributed by atoms with E-state index in [1.165, 1.54) is 12.8 Å². The van der Waals surface area contributed by atoms with Crippen LogP contribution in [0.2, 0.25) is 0 Å². The van der Waals surface area contributed by atoms with Crippen LogP contribution in [0.5, 0.6) is 0 Å². The maximum Gasteiger partial charge on any atom is 0.261 e. The predicted octanol–water partition coefficient (Wildman–Crippen LogP) is 3.02. The number of amides is 2. The van der Waals surface area contributed by atoms with Crippen molar-refractivity contribution in [2.75, 3.05) is 31.1 Å². The Bertz CT molecular complexity index is 1520. The number of nitrogens with zero attached hydrogens (tertiary/aromatic N) is 4. The third kappa shape index (κ3) is 2.93. The van der Waals surface area contributed by atoms with Gasteiger partial charge in [0.25, 0.3) is 11.8 Å². The van der Waals surface area contributed by atoms with E-state index in [9.17, 15) is 9.59 Å². The van der Waals surface area contributed by atoms with Crippen molar-refractivity contribution in [1.29, 1.82) is 0 Å². The largest absolute Gasteiger partial charge is 0.360 e. The Hall–Kier alpha value is -3.56. The molecule has 3 aromatic heterocycles. The van der Waals surface area contributed by atoms with Crippen LogP contribution in [0.1, 0.15) is 24.1 Å². The molecule has 3 aliphatic rings. The molecule has 0 saturated carbocycles. The highest BCUT2D eigenvalue weighted by Crippen LogP contribution is 2.38. The molecule has 1 aromatic carbocycles. The van der Waals surface area contributed by atoms with Gasteiger partial charge in [-0.3, -0.25) is 19.8 Å². The van der Waals surface area contributed by atoms with Crippen LogP contribution in [0.25, 0.3) is 32.3 Å². The van der Waals surface area contributed by atoms with Gasteiger partial charge in [0.1, 0.15) is 0 Å². The van der Waals surface area contributed by atoms with E-state index in [0.29, 0.717) is 28.8 Å². The van der Waals surface area contributed by atoms with Gasteiger partial charge in [0, 0.05) is 42.8 Å². The molecule has 6 heterocycles. The molecule has 0 spiro atoms. The first kappa shape index (κ1) is 19.9. The van der Waals surface area contributed by atoms with Crippen molar-refractivity contribution in [3.63, 3.8) is 0 Å². The lowest BCUT2D eigenvalue weighted by Crippen LogP contribution is -2.50. The fourth-order valence-corrected chi connectivity index (χ4v) is 6.42. The zero-order valence-corrected chi connectivity index (χ0v) is 19.2. The SMILES string of the molecule is O=C1NC(=O)C(c2c[nH]c3ccsc23)=C1c1nc(N2CCN3CCCC3C2)nc2ccccc12. The Balaban J connectivity index is 1.43. The van der Waals surface area contributed by atoms with Crippen LogP contribution in [0, 0.1) is 0 Å². The van der Waals surface area contributed by atoms with E-state index in [4.69, 9.17) is 9.97 Å². The molecule has 2 saturated heterocycles. The Labute approximate surface area is 199 Å². The average molecular weight is 471 g/mol. The molecule has 0 aliphatic carbocycles. The van der Waals surface area contributed by atoms with Gasteiger partial charge in [-0.25, -0.2) is 9.97 Å². The van der Waals surface area contributed by atoms with E-state index in [2.05, 4.69) is 20.1 Å². The lowest BCUT2D eigenvalue weighted by molar-refractivity contribution is -0.122. The minimum Gasteiger partial charge on any atom is -0.360 e. The second-order valence-corrected chi connectivity index (χ2v) is 9.98. The van der Waals surface area contributed by atoms with Crippen molar-refractivity contribution < 1.29 is 9.59 Å². The van der Waals surface area contributed by atoms with E-state index < -0.39 is 11.8 Å². The molecule has 7 rings (SSSR count). The number of piperazine rings is 1. The van der Waals surface area contributed by atoms with Crippen LogP contribution in [-0.2, 0) is 9.59 Å². The van der Waals surface area contributed by atoms with Crippen LogP contribution >= 0.6 is 11.3 Å². The van der Waals surface area contributed by atoms with Crippen molar-refractivity contribution in [1.82, 2.24) is 25.2 Å². The number of aromatic nitrogens is 3. The summed E-state index contributed by atoms with van der Waals surface area (Å²) in [5.74, 6) is -0.186. The molecule has 2 amide bonds. The van der Waals surface area contributed by atoms with Gasteiger partial charge in [-0.15, -0.1) is 11.3 Å². The van der Waals surface area contributed by atoms with E-state index in [1.54, 1.807) is 17.5 Å². The van der Waals surface area contributed by atoms with E-state index in [0.717, 1.165) is 52.9 Å².